The molecule has 7 heteroatoms. The van der Waals surface area contributed by atoms with Gasteiger partial charge in [-0.2, -0.15) is 5.10 Å². The fourth-order valence-electron chi connectivity index (χ4n) is 3.65. The quantitative estimate of drug-likeness (QED) is 0.750. The summed E-state index contributed by atoms with van der Waals surface area (Å²) in [5.74, 6) is 0.988. The highest BCUT2D eigenvalue weighted by Gasteiger charge is 2.22. The maximum atomic E-state index is 6.00. The third kappa shape index (κ3) is 3.14. The van der Waals surface area contributed by atoms with Gasteiger partial charge in [-0.25, -0.2) is 15.0 Å². The molecule has 4 rings (SSSR count). The summed E-state index contributed by atoms with van der Waals surface area (Å²) in [7, 11) is 1.93. The van der Waals surface area contributed by atoms with Crippen LogP contribution in [0.5, 0.6) is 0 Å². The van der Waals surface area contributed by atoms with E-state index in [1.165, 1.54) is 0 Å². The summed E-state index contributed by atoms with van der Waals surface area (Å²) in [6.07, 6.45) is 6.73. The zero-order valence-corrected chi connectivity index (χ0v) is 15.5. The van der Waals surface area contributed by atoms with Gasteiger partial charge >= 0.3 is 0 Å². The van der Waals surface area contributed by atoms with Crippen molar-refractivity contribution in [2.45, 2.75) is 51.1 Å². The monoisotopic (exact) mass is 351 g/mol. The first-order valence-corrected chi connectivity index (χ1v) is 9.19. The van der Waals surface area contributed by atoms with Crippen LogP contribution in [0.2, 0.25) is 0 Å². The van der Waals surface area contributed by atoms with Gasteiger partial charge in [-0.05, 0) is 37.3 Å². The van der Waals surface area contributed by atoms with E-state index < -0.39 is 0 Å². The topological polar surface area (TPSA) is 94.5 Å². The van der Waals surface area contributed by atoms with Gasteiger partial charge in [-0.15, -0.1) is 0 Å². The van der Waals surface area contributed by atoms with E-state index >= 15 is 0 Å². The minimum Gasteiger partial charge on any atom is -0.351 e. The van der Waals surface area contributed by atoms with E-state index in [2.05, 4.69) is 45.3 Å². The SMILES string of the molecule is CC(C)c1nn(C)c2ncc(-c3ccnc(NC4CCC(N)C4)n3)cc12. The summed E-state index contributed by atoms with van der Waals surface area (Å²) in [4.78, 5) is 13.7. The molecule has 0 amide bonds. The first-order chi connectivity index (χ1) is 12.5. The third-order valence-electron chi connectivity index (χ3n) is 5.01. The number of anilines is 1. The van der Waals surface area contributed by atoms with Gasteiger partial charge in [0.25, 0.3) is 0 Å². The molecule has 1 aliphatic carbocycles. The molecule has 2 atom stereocenters. The van der Waals surface area contributed by atoms with Crippen molar-refractivity contribution in [1.82, 2.24) is 24.7 Å². The molecule has 3 aromatic rings. The number of nitrogens with zero attached hydrogens (tertiary/aromatic N) is 5. The number of aromatic nitrogens is 5. The van der Waals surface area contributed by atoms with Crippen molar-refractivity contribution < 1.29 is 0 Å². The first kappa shape index (κ1) is 16.9. The Morgan fingerprint density at radius 3 is 2.85 bits per heavy atom. The predicted octanol–water partition coefficient (Wildman–Crippen LogP) is 2.84. The van der Waals surface area contributed by atoms with Gasteiger partial charge in [0, 0.05) is 42.5 Å². The average molecular weight is 351 g/mol. The molecule has 0 spiro atoms. The van der Waals surface area contributed by atoms with Crippen LogP contribution in [-0.4, -0.2) is 36.8 Å². The molecule has 3 aromatic heterocycles. The number of nitrogens with two attached hydrogens (primary N) is 1. The molecule has 0 radical (unpaired) electrons. The Morgan fingerprint density at radius 2 is 2.12 bits per heavy atom. The highest BCUT2D eigenvalue weighted by atomic mass is 15.3. The van der Waals surface area contributed by atoms with Crippen LogP contribution < -0.4 is 11.1 Å². The largest absolute Gasteiger partial charge is 0.351 e. The molecule has 0 bridgehead atoms. The maximum absolute atomic E-state index is 6.00. The number of hydrogen-bond donors (Lipinski definition) is 2. The maximum Gasteiger partial charge on any atom is 0.223 e. The van der Waals surface area contributed by atoms with Crippen LogP contribution in [-0.2, 0) is 7.05 Å². The fraction of sp³-hybridized carbons (Fsp3) is 0.474. The molecule has 7 nitrogen and oxygen atoms in total. The van der Waals surface area contributed by atoms with E-state index in [4.69, 9.17) is 5.73 Å². The summed E-state index contributed by atoms with van der Waals surface area (Å²) < 4.78 is 1.84. The van der Waals surface area contributed by atoms with Crippen LogP contribution in [0.4, 0.5) is 5.95 Å². The summed E-state index contributed by atoms with van der Waals surface area (Å²) in [6, 6.07) is 4.68. The average Bonchev–Trinajstić information content (AvgIpc) is 3.18. The van der Waals surface area contributed by atoms with E-state index in [-0.39, 0.29) is 6.04 Å². The molecular formula is C19H25N7. The first-order valence-electron chi connectivity index (χ1n) is 9.19. The van der Waals surface area contributed by atoms with Gasteiger partial charge in [0.05, 0.1) is 11.4 Å². The smallest absolute Gasteiger partial charge is 0.223 e. The molecule has 1 aliphatic rings. The van der Waals surface area contributed by atoms with E-state index in [9.17, 15) is 0 Å². The van der Waals surface area contributed by atoms with E-state index in [1.54, 1.807) is 6.20 Å². The third-order valence-corrected chi connectivity index (χ3v) is 5.01. The molecule has 1 fully saturated rings. The minimum absolute atomic E-state index is 0.280. The van der Waals surface area contributed by atoms with Crippen molar-refractivity contribution in [3.05, 3.63) is 30.2 Å². The van der Waals surface area contributed by atoms with Crippen molar-refractivity contribution in [3.8, 4) is 11.3 Å². The number of pyridine rings is 1. The van der Waals surface area contributed by atoms with Crippen LogP contribution in [0.15, 0.2) is 24.5 Å². The summed E-state index contributed by atoms with van der Waals surface area (Å²) >= 11 is 0. The molecule has 26 heavy (non-hydrogen) atoms. The molecule has 136 valence electrons. The lowest BCUT2D eigenvalue weighted by Gasteiger charge is -2.12. The van der Waals surface area contributed by atoms with Gasteiger partial charge in [-0.3, -0.25) is 4.68 Å². The Hall–Kier alpha value is -2.54. The highest BCUT2D eigenvalue weighted by Crippen LogP contribution is 2.28. The van der Waals surface area contributed by atoms with Crippen LogP contribution in [0.25, 0.3) is 22.3 Å². The van der Waals surface area contributed by atoms with Gasteiger partial charge in [0.1, 0.15) is 0 Å². The second-order valence-electron chi connectivity index (χ2n) is 7.44. The molecule has 3 N–H and O–H groups in total. The Balaban J connectivity index is 1.67. The van der Waals surface area contributed by atoms with E-state index in [0.29, 0.717) is 17.9 Å². The van der Waals surface area contributed by atoms with Crippen molar-refractivity contribution in [3.63, 3.8) is 0 Å². The van der Waals surface area contributed by atoms with Crippen molar-refractivity contribution in [2.75, 3.05) is 5.32 Å². The van der Waals surface area contributed by atoms with Crippen LogP contribution in [0.3, 0.4) is 0 Å². The Kier molecular flexibility index (Phi) is 4.32. The predicted molar refractivity (Wildman–Crippen MR) is 103 cm³/mol. The van der Waals surface area contributed by atoms with Gasteiger partial charge < -0.3 is 11.1 Å². The lowest BCUT2D eigenvalue weighted by Crippen LogP contribution is -2.21. The van der Waals surface area contributed by atoms with Crippen LogP contribution in [0.1, 0.15) is 44.7 Å². The summed E-state index contributed by atoms with van der Waals surface area (Å²) in [5, 5.41) is 9.11. The number of nitrogens with one attached hydrogen (secondary N) is 1. The Morgan fingerprint density at radius 1 is 1.27 bits per heavy atom. The molecular weight excluding hydrogens is 326 g/mol. The molecule has 0 saturated heterocycles. The Labute approximate surface area is 153 Å². The normalized spacial score (nSPS) is 20.2. The van der Waals surface area contributed by atoms with Gasteiger partial charge in [0.2, 0.25) is 5.95 Å². The number of aryl methyl sites for hydroxylation is 1. The second kappa shape index (κ2) is 6.64. The van der Waals surface area contributed by atoms with Crippen LogP contribution in [0, 0.1) is 0 Å². The number of rotatable bonds is 4. The van der Waals surface area contributed by atoms with Crippen molar-refractivity contribution in [1.29, 1.82) is 0 Å². The second-order valence-corrected chi connectivity index (χ2v) is 7.44. The van der Waals surface area contributed by atoms with E-state index in [0.717, 1.165) is 47.2 Å². The lowest BCUT2D eigenvalue weighted by atomic mass is 10.1. The van der Waals surface area contributed by atoms with Gasteiger partial charge in [0.15, 0.2) is 5.65 Å². The molecule has 0 aromatic carbocycles. The molecule has 1 saturated carbocycles. The van der Waals surface area contributed by atoms with Gasteiger partial charge in [-0.1, -0.05) is 13.8 Å². The summed E-state index contributed by atoms with van der Waals surface area (Å²) in [5.41, 5.74) is 9.78. The number of fused-ring (bicyclic) bond motifs is 1. The zero-order chi connectivity index (χ0) is 18.3. The standard InChI is InChI=1S/C19H25N7/c1-11(2)17-15-8-12(10-22-18(15)26(3)25-17)16-6-7-21-19(24-16)23-14-5-4-13(20)9-14/h6-8,10-11,13-14H,4-5,9,20H2,1-3H3,(H,21,23,24). The molecule has 0 aliphatic heterocycles. The fourth-order valence-corrected chi connectivity index (χ4v) is 3.65. The van der Waals surface area contributed by atoms with Crippen LogP contribution >= 0.6 is 0 Å². The minimum atomic E-state index is 0.280. The molecule has 3 heterocycles. The highest BCUT2D eigenvalue weighted by molar-refractivity contribution is 5.83. The molecule has 2 unspecified atom stereocenters. The number of hydrogen-bond acceptors (Lipinski definition) is 6. The Bertz CT molecular complexity index is 931. The van der Waals surface area contributed by atoms with Crippen molar-refractivity contribution in [2.24, 2.45) is 12.8 Å². The van der Waals surface area contributed by atoms with E-state index in [1.807, 2.05) is 24.0 Å². The lowest BCUT2D eigenvalue weighted by molar-refractivity contribution is 0.685. The van der Waals surface area contributed by atoms with Crippen molar-refractivity contribution >= 4 is 17.0 Å². The summed E-state index contributed by atoms with van der Waals surface area (Å²) in [6.45, 7) is 4.29. The zero-order valence-electron chi connectivity index (χ0n) is 15.5.